The third-order valence-electron chi connectivity index (χ3n) is 2.46. The summed E-state index contributed by atoms with van der Waals surface area (Å²) in [5.41, 5.74) is 2.40. The Labute approximate surface area is 114 Å². The average Bonchev–Trinajstić information content (AvgIpc) is 2.32. The largest absolute Gasteiger partial charge is 0.289 e. The molecule has 0 unspecified atom stereocenters. The van der Waals surface area contributed by atoms with Crippen LogP contribution in [0.1, 0.15) is 21.5 Å². The van der Waals surface area contributed by atoms with E-state index in [0.717, 1.165) is 10.0 Å². The molecule has 0 spiro atoms. The molecule has 0 aliphatic carbocycles. The van der Waals surface area contributed by atoms with Crippen molar-refractivity contribution in [2.45, 2.75) is 6.92 Å². The second kappa shape index (κ2) is 5.03. The van der Waals surface area contributed by atoms with Gasteiger partial charge >= 0.3 is 0 Å². The van der Waals surface area contributed by atoms with Gasteiger partial charge < -0.3 is 0 Å². The van der Waals surface area contributed by atoms with Gasteiger partial charge in [0, 0.05) is 15.6 Å². The number of aryl methyl sites for hydroxylation is 1. The fourth-order valence-electron chi connectivity index (χ4n) is 1.59. The van der Waals surface area contributed by atoms with Crippen molar-refractivity contribution in [1.29, 1.82) is 0 Å². The van der Waals surface area contributed by atoms with Gasteiger partial charge in [-0.15, -0.1) is 0 Å². The fraction of sp³-hybridized carbons (Fsp3) is 0.0714. The van der Waals surface area contributed by atoms with Crippen LogP contribution in [0.25, 0.3) is 0 Å². The van der Waals surface area contributed by atoms with E-state index in [4.69, 9.17) is 11.6 Å². The summed E-state index contributed by atoms with van der Waals surface area (Å²) in [6, 6.07) is 12.7. The second-order valence-corrected chi connectivity index (χ2v) is 5.09. The first-order chi connectivity index (χ1) is 8.08. The van der Waals surface area contributed by atoms with Gasteiger partial charge in [0.2, 0.25) is 0 Å². The van der Waals surface area contributed by atoms with E-state index in [0.29, 0.717) is 16.1 Å². The van der Waals surface area contributed by atoms with Gasteiger partial charge in [-0.05, 0) is 47.1 Å². The summed E-state index contributed by atoms with van der Waals surface area (Å²) < 4.78 is 0.734. The highest BCUT2D eigenvalue weighted by atomic mass is 79.9. The van der Waals surface area contributed by atoms with Crippen LogP contribution in [-0.4, -0.2) is 5.78 Å². The lowest BCUT2D eigenvalue weighted by atomic mass is 10.0. The van der Waals surface area contributed by atoms with Crippen molar-refractivity contribution in [3.8, 4) is 0 Å². The van der Waals surface area contributed by atoms with Crippen LogP contribution in [0.2, 0.25) is 5.02 Å². The average molecular weight is 310 g/mol. The Kier molecular flexibility index (Phi) is 3.65. The molecule has 0 fully saturated rings. The molecule has 0 bridgehead atoms. The molecule has 1 nitrogen and oxygen atoms in total. The Bertz CT molecular complexity index is 578. The minimum absolute atomic E-state index is 0.00562. The standard InChI is InChI=1S/C14H10BrClO/c1-9-3-2-4-10(7-9)14(17)11-5-6-13(16)12(15)8-11/h2-8H,1H3. The van der Waals surface area contributed by atoms with E-state index in [1.165, 1.54) is 0 Å². The molecule has 0 N–H and O–H groups in total. The predicted octanol–water partition coefficient (Wildman–Crippen LogP) is 4.64. The zero-order chi connectivity index (χ0) is 12.4. The van der Waals surface area contributed by atoms with Crippen LogP contribution < -0.4 is 0 Å². The zero-order valence-corrected chi connectivity index (χ0v) is 11.5. The highest BCUT2D eigenvalue weighted by Crippen LogP contribution is 2.24. The van der Waals surface area contributed by atoms with Crippen molar-refractivity contribution in [2.75, 3.05) is 0 Å². The van der Waals surface area contributed by atoms with E-state index in [2.05, 4.69) is 15.9 Å². The van der Waals surface area contributed by atoms with Crippen LogP contribution in [0.3, 0.4) is 0 Å². The van der Waals surface area contributed by atoms with Crippen molar-refractivity contribution in [3.05, 3.63) is 68.7 Å². The topological polar surface area (TPSA) is 17.1 Å². The maximum atomic E-state index is 12.2. The number of hydrogen-bond acceptors (Lipinski definition) is 1. The highest BCUT2D eigenvalue weighted by Gasteiger charge is 2.10. The Morgan fingerprint density at radius 3 is 2.47 bits per heavy atom. The van der Waals surface area contributed by atoms with Crippen molar-refractivity contribution in [1.82, 2.24) is 0 Å². The van der Waals surface area contributed by atoms with Crippen LogP contribution in [0, 0.1) is 6.92 Å². The summed E-state index contributed by atoms with van der Waals surface area (Å²) in [5, 5.41) is 0.603. The molecule has 0 aromatic heterocycles. The van der Waals surface area contributed by atoms with Gasteiger partial charge in [-0.3, -0.25) is 4.79 Å². The quantitative estimate of drug-likeness (QED) is 0.738. The molecule has 3 heteroatoms. The Hall–Kier alpha value is -1.12. The molecule has 2 rings (SSSR count). The fourth-order valence-corrected chi connectivity index (χ4v) is 2.09. The number of halogens is 2. The molecule has 0 atom stereocenters. The van der Waals surface area contributed by atoms with Crippen LogP contribution in [0.5, 0.6) is 0 Å². The molecule has 86 valence electrons. The first-order valence-corrected chi connectivity index (χ1v) is 6.31. The first-order valence-electron chi connectivity index (χ1n) is 5.14. The summed E-state index contributed by atoms with van der Waals surface area (Å²) in [6.07, 6.45) is 0. The minimum atomic E-state index is 0.00562. The molecule has 0 aliphatic heterocycles. The smallest absolute Gasteiger partial charge is 0.193 e. The van der Waals surface area contributed by atoms with E-state index in [1.54, 1.807) is 18.2 Å². The highest BCUT2D eigenvalue weighted by molar-refractivity contribution is 9.10. The summed E-state index contributed by atoms with van der Waals surface area (Å²) in [4.78, 5) is 12.2. The summed E-state index contributed by atoms with van der Waals surface area (Å²) in [7, 11) is 0. The van der Waals surface area contributed by atoms with E-state index < -0.39 is 0 Å². The van der Waals surface area contributed by atoms with Gasteiger partial charge in [0.25, 0.3) is 0 Å². The zero-order valence-electron chi connectivity index (χ0n) is 9.21. The van der Waals surface area contributed by atoms with E-state index in [1.807, 2.05) is 31.2 Å². The predicted molar refractivity (Wildman–Crippen MR) is 73.8 cm³/mol. The Balaban J connectivity index is 2.40. The van der Waals surface area contributed by atoms with Crippen molar-refractivity contribution in [2.24, 2.45) is 0 Å². The Morgan fingerprint density at radius 1 is 1.12 bits per heavy atom. The van der Waals surface area contributed by atoms with Crippen molar-refractivity contribution < 1.29 is 4.79 Å². The van der Waals surface area contributed by atoms with E-state index >= 15 is 0 Å². The SMILES string of the molecule is Cc1cccc(C(=O)c2ccc(Cl)c(Br)c2)c1. The van der Waals surface area contributed by atoms with Gasteiger partial charge in [0.1, 0.15) is 0 Å². The van der Waals surface area contributed by atoms with E-state index in [-0.39, 0.29) is 5.78 Å². The molecule has 0 amide bonds. The number of hydrogen-bond donors (Lipinski definition) is 0. The van der Waals surface area contributed by atoms with Crippen LogP contribution in [0.4, 0.5) is 0 Å². The van der Waals surface area contributed by atoms with Gasteiger partial charge in [-0.1, -0.05) is 35.4 Å². The lowest BCUT2D eigenvalue weighted by molar-refractivity contribution is 0.103. The van der Waals surface area contributed by atoms with Crippen LogP contribution in [-0.2, 0) is 0 Å². The molecule has 0 saturated carbocycles. The first kappa shape index (κ1) is 12.3. The number of ketones is 1. The number of benzene rings is 2. The molecular formula is C14H10BrClO. The lowest BCUT2D eigenvalue weighted by Crippen LogP contribution is -2.01. The minimum Gasteiger partial charge on any atom is -0.289 e. The van der Waals surface area contributed by atoms with Crippen LogP contribution in [0.15, 0.2) is 46.9 Å². The number of rotatable bonds is 2. The molecule has 0 saturated heterocycles. The summed E-state index contributed by atoms with van der Waals surface area (Å²) >= 11 is 9.22. The van der Waals surface area contributed by atoms with Gasteiger partial charge in [-0.2, -0.15) is 0 Å². The van der Waals surface area contributed by atoms with Crippen molar-refractivity contribution >= 4 is 33.3 Å². The molecule has 0 heterocycles. The molecule has 0 aliphatic rings. The molecular weight excluding hydrogens is 300 g/mol. The number of carbonyl (C=O) groups excluding carboxylic acids is 1. The molecule has 0 radical (unpaired) electrons. The molecule has 17 heavy (non-hydrogen) atoms. The monoisotopic (exact) mass is 308 g/mol. The molecule has 2 aromatic rings. The van der Waals surface area contributed by atoms with Gasteiger partial charge in [0.05, 0.1) is 5.02 Å². The second-order valence-electron chi connectivity index (χ2n) is 3.83. The summed E-state index contributed by atoms with van der Waals surface area (Å²) in [6.45, 7) is 1.97. The Morgan fingerprint density at radius 2 is 1.82 bits per heavy atom. The van der Waals surface area contributed by atoms with Crippen molar-refractivity contribution in [3.63, 3.8) is 0 Å². The normalized spacial score (nSPS) is 10.3. The van der Waals surface area contributed by atoms with E-state index in [9.17, 15) is 4.79 Å². The molecule has 2 aromatic carbocycles. The third-order valence-corrected chi connectivity index (χ3v) is 3.68. The lowest BCUT2D eigenvalue weighted by Gasteiger charge is -2.04. The van der Waals surface area contributed by atoms with Gasteiger partial charge in [0.15, 0.2) is 5.78 Å². The maximum Gasteiger partial charge on any atom is 0.193 e. The number of carbonyl (C=O) groups is 1. The summed E-state index contributed by atoms with van der Waals surface area (Å²) in [5.74, 6) is 0.00562. The van der Waals surface area contributed by atoms with Crippen LogP contribution >= 0.6 is 27.5 Å². The third kappa shape index (κ3) is 2.76. The van der Waals surface area contributed by atoms with Gasteiger partial charge in [-0.25, -0.2) is 0 Å². The maximum absolute atomic E-state index is 12.2.